The number of nitrogens with zero attached hydrogens (tertiary/aromatic N) is 1. The molecule has 128 valence electrons. The molecule has 0 aliphatic rings. The molecule has 0 spiro atoms. The van der Waals surface area contributed by atoms with Crippen LogP contribution in [0, 0.1) is 5.82 Å². The van der Waals surface area contributed by atoms with E-state index in [0.29, 0.717) is 10.7 Å². The van der Waals surface area contributed by atoms with Crippen molar-refractivity contribution in [1.29, 1.82) is 0 Å². The first-order chi connectivity index (χ1) is 12.0. The van der Waals surface area contributed by atoms with Crippen molar-refractivity contribution in [1.82, 2.24) is 0 Å². The Morgan fingerprint density at radius 2 is 1.44 bits per heavy atom. The molecule has 0 aliphatic heterocycles. The molecule has 0 aromatic heterocycles. The van der Waals surface area contributed by atoms with E-state index < -0.39 is 15.8 Å². The highest BCUT2D eigenvalue weighted by Crippen LogP contribution is 2.28. The Labute approximate surface area is 151 Å². The molecule has 0 fully saturated rings. The molecule has 0 atom stereocenters. The van der Waals surface area contributed by atoms with E-state index in [-0.39, 0.29) is 11.4 Å². The Morgan fingerprint density at radius 3 is 2.08 bits per heavy atom. The number of hydrogen-bond donors (Lipinski definition) is 0. The zero-order valence-electron chi connectivity index (χ0n) is 13.1. The summed E-state index contributed by atoms with van der Waals surface area (Å²) in [5.41, 5.74) is 1.20. The second kappa shape index (κ2) is 7.25. The Kier molecular flexibility index (Phi) is 5.06. The van der Waals surface area contributed by atoms with Crippen molar-refractivity contribution in [2.45, 2.75) is 11.4 Å². The number of rotatable bonds is 5. The van der Waals surface area contributed by atoms with Crippen LogP contribution in [0.2, 0.25) is 5.02 Å². The lowest BCUT2D eigenvalue weighted by Crippen LogP contribution is -2.31. The first kappa shape index (κ1) is 17.5. The third-order valence-electron chi connectivity index (χ3n) is 3.69. The number of sulfonamides is 1. The average molecular weight is 376 g/mol. The van der Waals surface area contributed by atoms with Crippen LogP contribution in [0.3, 0.4) is 0 Å². The van der Waals surface area contributed by atoms with E-state index in [1.54, 1.807) is 24.3 Å². The molecule has 3 rings (SSSR count). The minimum atomic E-state index is -4.08. The van der Waals surface area contributed by atoms with Gasteiger partial charge in [0.1, 0.15) is 10.7 Å². The topological polar surface area (TPSA) is 37.4 Å². The largest absolute Gasteiger partial charge is 0.267 e. The number of hydrogen-bond acceptors (Lipinski definition) is 2. The Bertz CT molecular complexity index is 960. The van der Waals surface area contributed by atoms with Crippen LogP contribution in [-0.4, -0.2) is 8.42 Å². The minimum Gasteiger partial charge on any atom is -0.262 e. The van der Waals surface area contributed by atoms with Gasteiger partial charge in [0.2, 0.25) is 0 Å². The summed E-state index contributed by atoms with van der Waals surface area (Å²) < 4.78 is 41.5. The van der Waals surface area contributed by atoms with Gasteiger partial charge in [-0.2, -0.15) is 0 Å². The van der Waals surface area contributed by atoms with E-state index in [1.807, 2.05) is 30.3 Å². The van der Waals surface area contributed by atoms with Crippen molar-refractivity contribution in [3.05, 3.63) is 95.3 Å². The highest BCUT2D eigenvalue weighted by Gasteiger charge is 2.27. The molecule has 0 unspecified atom stereocenters. The summed E-state index contributed by atoms with van der Waals surface area (Å²) in [7, 11) is -4.08. The summed E-state index contributed by atoms with van der Waals surface area (Å²) in [4.78, 5) is -0.360. The van der Waals surface area contributed by atoms with E-state index in [2.05, 4.69) is 0 Å². The van der Waals surface area contributed by atoms with Gasteiger partial charge in [0, 0.05) is 5.02 Å². The molecular weight excluding hydrogens is 361 g/mol. The molecule has 3 aromatic rings. The molecule has 6 heteroatoms. The third-order valence-corrected chi connectivity index (χ3v) is 5.75. The summed E-state index contributed by atoms with van der Waals surface area (Å²) in [5, 5.41) is 0.492. The Hall–Kier alpha value is -2.37. The van der Waals surface area contributed by atoms with Gasteiger partial charge >= 0.3 is 0 Å². The Morgan fingerprint density at radius 1 is 0.840 bits per heavy atom. The number of benzene rings is 3. The second-order valence-corrected chi connectivity index (χ2v) is 7.67. The highest BCUT2D eigenvalue weighted by molar-refractivity contribution is 7.92. The normalized spacial score (nSPS) is 11.3. The fourth-order valence-electron chi connectivity index (χ4n) is 2.44. The van der Waals surface area contributed by atoms with Crippen LogP contribution in [0.5, 0.6) is 0 Å². The van der Waals surface area contributed by atoms with Gasteiger partial charge in [-0.3, -0.25) is 4.31 Å². The van der Waals surface area contributed by atoms with E-state index in [0.717, 1.165) is 11.6 Å². The molecule has 0 amide bonds. The van der Waals surface area contributed by atoms with Crippen molar-refractivity contribution in [2.24, 2.45) is 0 Å². The summed E-state index contributed by atoms with van der Waals surface area (Å²) in [6.45, 7) is 0.0825. The fraction of sp³-hybridized carbons (Fsp3) is 0.0526. The van der Waals surface area contributed by atoms with E-state index in [4.69, 9.17) is 11.6 Å². The minimum absolute atomic E-state index is 0.0825. The maximum absolute atomic E-state index is 14.1. The predicted octanol–water partition coefficient (Wildman–Crippen LogP) is 4.87. The first-order valence-electron chi connectivity index (χ1n) is 7.55. The molecule has 0 heterocycles. The van der Waals surface area contributed by atoms with Crippen LogP contribution >= 0.6 is 11.6 Å². The second-order valence-electron chi connectivity index (χ2n) is 5.40. The summed E-state index contributed by atoms with van der Waals surface area (Å²) in [6.07, 6.45) is 0. The zero-order chi connectivity index (χ0) is 17.9. The lowest BCUT2D eigenvalue weighted by molar-refractivity contribution is 0.563. The molecule has 0 saturated carbocycles. The lowest BCUT2D eigenvalue weighted by atomic mass is 10.2. The highest BCUT2D eigenvalue weighted by atomic mass is 35.5. The summed E-state index contributed by atoms with van der Waals surface area (Å²) in [6, 6.07) is 20.9. The fourth-order valence-corrected chi connectivity index (χ4v) is 4.09. The van der Waals surface area contributed by atoms with Crippen molar-refractivity contribution >= 4 is 27.3 Å². The zero-order valence-corrected chi connectivity index (χ0v) is 14.7. The number of halogens is 2. The van der Waals surface area contributed by atoms with Gasteiger partial charge < -0.3 is 0 Å². The van der Waals surface area contributed by atoms with Crippen LogP contribution in [0.25, 0.3) is 0 Å². The standard InChI is InChI=1S/C19H15ClFNO2S/c20-16-10-12-17(13-11-16)22(14-15-6-2-1-3-7-15)25(23,24)19-9-5-4-8-18(19)21/h1-13H,14H2. The van der Waals surface area contributed by atoms with Crippen molar-refractivity contribution in [3.63, 3.8) is 0 Å². The van der Waals surface area contributed by atoms with E-state index in [1.165, 1.54) is 22.5 Å². The molecule has 0 aliphatic carbocycles. The number of anilines is 1. The average Bonchev–Trinajstić information content (AvgIpc) is 2.61. The van der Waals surface area contributed by atoms with Crippen molar-refractivity contribution < 1.29 is 12.8 Å². The summed E-state index contributed by atoms with van der Waals surface area (Å²) in [5.74, 6) is -0.783. The molecule has 0 radical (unpaired) electrons. The maximum atomic E-state index is 14.1. The quantitative estimate of drug-likeness (QED) is 0.637. The Balaban J connectivity index is 2.10. The summed E-state index contributed by atoms with van der Waals surface area (Å²) >= 11 is 5.91. The third kappa shape index (κ3) is 3.83. The monoisotopic (exact) mass is 375 g/mol. The van der Waals surface area contributed by atoms with Crippen LogP contribution in [0.15, 0.2) is 83.8 Å². The molecule has 25 heavy (non-hydrogen) atoms. The van der Waals surface area contributed by atoms with Gasteiger partial charge in [-0.15, -0.1) is 0 Å². The van der Waals surface area contributed by atoms with Crippen molar-refractivity contribution in [2.75, 3.05) is 4.31 Å². The van der Waals surface area contributed by atoms with Crippen LogP contribution < -0.4 is 4.31 Å². The van der Waals surface area contributed by atoms with Gasteiger partial charge in [-0.25, -0.2) is 12.8 Å². The van der Waals surface area contributed by atoms with Crippen LogP contribution in [0.1, 0.15) is 5.56 Å². The van der Waals surface area contributed by atoms with E-state index in [9.17, 15) is 12.8 Å². The molecule has 0 N–H and O–H groups in total. The van der Waals surface area contributed by atoms with Crippen LogP contribution in [0.4, 0.5) is 10.1 Å². The predicted molar refractivity (Wildman–Crippen MR) is 97.7 cm³/mol. The van der Waals surface area contributed by atoms with Gasteiger partial charge in [-0.05, 0) is 42.0 Å². The van der Waals surface area contributed by atoms with Gasteiger partial charge in [0.15, 0.2) is 0 Å². The molecule has 3 aromatic carbocycles. The first-order valence-corrected chi connectivity index (χ1v) is 9.37. The smallest absolute Gasteiger partial charge is 0.262 e. The van der Waals surface area contributed by atoms with Gasteiger partial charge in [-0.1, -0.05) is 54.1 Å². The van der Waals surface area contributed by atoms with Crippen LogP contribution in [-0.2, 0) is 16.6 Å². The maximum Gasteiger partial charge on any atom is 0.267 e. The van der Waals surface area contributed by atoms with E-state index >= 15 is 0 Å². The molecular formula is C19H15ClFNO2S. The lowest BCUT2D eigenvalue weighted by Gasteiger charge is -2.25. The molecule has 0 bridgehead atoms. The van der Waals surface area contributed by atoms with Gasteiger partial charge in [0.05, 0.1) is 12.2 Å². The van der Waals surface area contributed by atoms with Crippen molar-refractivity contribution in [3.8, 4) is 0 Å². The van der Waals surface area contributed by atoms with Gasteiger partial charge in [0.25, 0.3) is 10.0 Å². The SMILES string of the molecule is O=S(=O)(c1ccccc1F)N(Cc1ccccc1)c1ccc(Cl)cc1. The molecule has 0 saturated heterocycles. The molecule has 3 nitrogen and oxygen atoms in total.